The number of hydrogen-bond acceptors (Lipinski definition) is 3. The topological polar surface area (TPSA) is 47.5 Å². The molecule has 0 fully saturated rings. The molecule has 12 rings (SSSR count). The molecule has 12 aromatic rings. The number of nitrogens with zero attached hydrogens (tertiary/aromatic N) is 5. The van der Waals surface area contributed by atoms with Gasteiger partial charge in [0.15, 0.2) is 16.1 Å². The molecule has 0 spiro atoms. The summed E-state index contributed by atoms with van der Waals surface area (Å²) in [5.41, 5.74) is 2.97. The van der Waals surface area contributed by atoms with Crippen LogP contribution in [-0.4, -0.2) is 35.7 Å². The fourth-order valence-electron chi connectivity index (χ4n) is 10.7. The fourth-order valence-corrected chi connectivity index (χ4v) is 20.2. The highest BCUT2D eigenvalue weighted by atomic mass is 28.3. The molecule has 0 radical (unpaired) electrons. The zero-order valence-electron chi connectivity index (χ0n) is 37.8. The van der Waals surface area contributed by atoms with Gasteiger partial charge in [-0.1, -0.05) is 237 Å². The summed E-state index contributed by atoms with van der Waals surface area (Å²) in [5, 5.41) is 12.5. The molecule has 0 atom stereocenters. The van der Waals surface area contributed by atoms with E-state index >= 15 is 0 Å². The average molecular weight is 917 g/mol. The average Bonchev–Trinajstić information content (AvgIpc) is 3.78. The lowest BCUT2D eigenvalue weighted by molar-refractivity contribution is -0.602. The van der Waals surface area contributed by atoms with Crippen molar-refractivity contribution in [2.75, 3.05) is 0 Å². The summed E-state index contributed by atoms with van der Waals surface area (Å²) in [5.74, 6) is 1.66. The molecule has 0 aliphatic heterocycles. The van der Waals surface area contributed by atoms with Gasteiger partial charge in [-0.3, -0.25) is 4.57 Å². The Morgan fingerprint density at radius 2 is 0.696 bits per heavy atom. The molecule has 5 nitrogen and oxygen atoms in total. The predicted octanol–water partition coefficient (Wildman–Crippen LogP) is 7.67. The standard InChI is InChI=1S/C62H46N5Si2/c1-7-26-48(27-8-1)68(49-28-9-2-10-29-49,50-30-11-3-12-31-50)54-38-23-25-47(45-54)60-63-61(65-62(64-60)67-58-42-21-19-40-56(58)57-41-20-22-43-59(57)67)66-44-24-39-55(46-66)69(51-32-13-4-14-33-51,52-34-15-5-16-35-52)53-36-17-6-18-37-53/h1-46H/q+1. The summed E-state index contributed by atoms with van der Waals surface area (Å²) in [7, 11) is -5.78. The van der Waals surface area contributed by atoms with Crippen LogP contribution >= 0.6 is 0 Å². The highest BCUT2D eigenvalue weighted by Crippen LogP contribution is 2.31. The normalized spacial score (nSPS) is 11.8. The molecule has 0 unspecified atom stereocenters. The monoisotopic (exact) mass is 916 g/mol. The summed E-state index contributed by atoms with van der Waals surface area (Å²) in [6, 6.07) is 96.6. The number of para-hydroxylation sites is 2. The van der Waals surface area contributed by atoms with Crippen LogP contribution in [0.15, 0.2) is 279 Å². The van der Waals surface area contributed by atoms with Gasteiger partial charge in [-0.2, -0.15) is 4.98 Å². The Morgan fingerprint density at radius 1 is 0.319 bits per heavy atom. The van der Waals surface area contributed by atoms with Gasteiger partial charge in [0.1, 0.15) is 0 Å². The number of aromatic nitrogens is 5. The lowest BCUT2D eigenvalue weighted by Gasteiger charge is -2.34. The molecule has 0 aliphatic rings. The summed E-state index contributed by atoms with van der Waals surface area (Å²) < 4.78 is 4.30. The number of fused-ring (bicyclic) bond motifs is 3. The molecule has 0 N–H and O–H groups in total. The van der Waals surface area contributed by atoms with Crippen molar-refractivity contribution in [3.05, 3.63) is 279 Å². The van der Waals surface area contributed by atoms with Gasteiger partial charge in [-0.15, -0.1) is 0 Å². The van der Waals surface area contributed by atoms with Crippen molar-refractivity contribution in [1.29, 1.82) is 0 Å². The van der Waals surface area contributed by atoms with Gasteiger partial charge < -0.3 is 0 Å². The van der Waals surface area contributed by atoms with E-state index in [-0.39, 0.29) is 0 Å². The van der Waals surface area contributed by atoms with Crippen molar-refractivity contribution in [2.24, 2.45) is 0 Å². The molecule has 3 heterocycles. The molecular weight excluding hydrogens is 871 g/mol. The van der Waals surface area contributed by atoms with Crippen molar-refractivity contribution < 1.29 is 4.57 Å². The maximum atomic E-state index is 5.48. The quantitative estimate of drug-likeness (QED) is 0.0762. The zero-order chi connectivity index (χ0) is 46.0. The third-order valence-corrected chi connectivity index (χ3v) is 23.2. The summed E-state index contributed by atoms with van der Waals surface area (Å²) >= 11 is 0. The van der Waals surface area contributed by atoms with Gasteiger partial charge in [-0.25, -0.2) is 4.57 Å². The number of pyridine rings is 1. The molecule has 69 heavy (non-hydrogen) atoms. The third-order valence-electron chi connectivity index (χ3n) is 13.7. The van der Waals surface area contributed by atoms with Gasteiger partial charge in [0.25, 0.3) is 0 Å². The maximum absolute atomic E-state index is 5.48. The van der Waals surface area contributed by atoms with Gasteiger partial charge in [-0.05, 0) is 81.8 Å². The van der Waals surface area contributed by atoms with E-state index in [2.05, 4.69) is 288 Å². The van der Waals surface area contributed by atoms with Crippen molar-refractivity contribution >= 4 is 79.4 Å². The van der Waals surface area contributed by atoms with E-state index in [0.29, 0.717) is 17.7 Å². The van der Waals surface area contributed by atoms with E-state index < -0.39 is 16.1 Å². The van der Waals surface area contributed by atoms with Gasteiger partial charge in [0, 0.05) is 16.3 Å². The number of rotatable bonds is 11. The Labute approximate surface area is 404 Å². The first-order valence-electron chi connectivity index (χ1n) is 23.4. The molecule has 0 saturated carbocycles. The first-order chi connectivity index (χ1) is 34.2. The number of hydrogen-bond donors (Lipinski definition) is 0. The zero-order valence-corrected chi connectivity index (χ0v) is 39.8. The molecule has 9 aromatic carbocycles. The molecular formula is C62H46N5Si2+. The van der Waals surface area contributed by atoms with Crippen LogP contribution in [0, 0.1) is 0 Å². The Morgan fingerprint density at radius 3 is 1.14 bits per heavy atom. The highest BCUT2D eigenvalue weighted by Gasteiger charge is 2.43. The van der Waals surface area contributed by atoms with Crippen LogP contribution in [0.3, 0.4) is 0 Å². The number of benzene rings is 9. The van der Waals surface area contributed by atoms with Gasteiger partial charge >= 0.3 is 11.9 Å². The second kappa shape index (κ2) is 17.9. The second-order valence-electron chi connectivity index (χ2n) is 17.4. The highest BCUT2D eigenvalue weighted by molar-refractivity contribution is 7.20. The molecule has 326 valence electrons. The minimum atomic E-state index is -2.90. The summed E-state index contributed by atoms with van der Waals surface area (Å²) in [4.78, 5) is 16.4. The minimum absolute atomic E-state index is 0.527. The largest absolute Gasteiger partial charge is 0.443 e. The van der Waals surface area contributed by atoms with E-state index in [1.807, 2.05) is 0 Å². The third kappa shape index (κ3) is 7.15. The van der Waals surface area contributed by atoms with E-state index in [1.54, 1.807) is 0 Å². The minimum Gasteiger partial charge on any atom is -0.264 e. The van der Waals surface area contributed by atoms with Crippen LogP contribution in [-0.2, 0) is 0 Å². The van der Waals surface area contributed by atoms with Crippen LogP contribution < -0.4 is 46.1 Å². The smallest absolute Gasteiger partial charge is 0.264 e. The molecule has 0 saturated heterocycles. The van der Waals surface area contributed by atoms with Crippen molar-refractivity contribution in [3.63, 3.8) is 0 Å². The Hall–Kier alpha value is -8.63. The Bertz CT molecular complexity index is 3290. The lowest BCUT2D eigenvalue weighted by atomic mass is 10.2. The molecule has 0 amide bonds. The van der Waals surface area contributed by atoms with Gasteiger partial charge in [0.05, 0.1) is 23.4 Å². The van der Waals surface area contributed by atoms with E-state index in [9.17, 15) is 0 Å². The van der Waals surface area contributed by atoms with Crippen LogP contribution in [0.2, 0.25) is 0 Å². The first kappa shape index (κ1) is 41.8. The fraction of sp³-hybridized carbons (Fsp3) is 0. The van der Waals surface area contributed by atoms with E-state index in [1.165, 1.54) is 41.5 Å². The second-order valence-corrected chi connectivity index (χ2v) is 25.0. The Kier molecular flexibility index (Phi) is 10.8. The van der Waals surface area contributed by atoms with Gasteiger partial charge in [0.2, 0.25) is 5.82 Å². The van der Waals surface area contributed by atoms with Crippen molar-refractivity contribution in [2.45, 2.75) is 0 Å². The van der Waals surface area contributed by atoms with E-state index in [0.717, 1.165) is 27.4 Å². The predicted molar refractivity (Wildman–Crippen MR) is 288 cm³/mol. The molecule has 0 bridgehead atoms. The lowest BCUT2D eigenvalue weighted by Crippen LogP contribution is -2.75. The summed E-state index contributed by atoms with van der Waals surface area (Å²) in [6.07, 6.45) is 4.34. The first-order valence-corrected chi connectivity index (χ1v) is 27.4. The van der Waals surface area contributed by atoms with Crippen LogP contribution in [0.25, 0.3) is 45.1 Å². The van der Waals surface area contributed by atoms with Crippen molar-refractivity contribution in [3.8, 4) is 23.3 Å². The van der Waals surface area contributed by atoms with Crippen LogP contribution in [0.5, 0.6) is 0 Å². The molecule has 7 heteroatoms. The van der Waals surface area contributed by atoms with Crippen LogP contribution in [0.4, 0.5) is 0 Å². The van der Waals surface area contributed by atoms with Crippen LogP contribution in [0.1, 0.15) is 0 Å². The van der Waals surface area contributed by atoms with Crippen molar-refractivity contribution in [1.82, 2.24) is 19.5 Å². The Balaban J connectivity index is 1.13. The molecule has 3 aromatic heterocycles. The molecule has 0 aliphatic carbocycles. The van der Waals surface area contributed by atoms with E-state index in [4.69, 9.17) is 15.0 Å². The maximum Gasteiger partial charge on any atom is 0.443 e. The summed E-state index contributed by atoms with van der Waals surface area (Å²) in [6.45, 7) is 0. The SMILES string of the molecule is c1ccc([Si](c2ccccc2)(c2ccccc2)c2cccc(-c3nc(-n4c5ccccc5c5ccccc54)nc(-[n+]4cccc([Si](c5ccccc5)(c5ccccc5)c5ccccc5)c4)n3)c2)cc1.